The van der Waals surface area contributed by atoms with Gasteiger partial charge in [0.1, 0.15) is 5.82 Å². The first-order valence-corrected chi connectivity index (χ1v) is 10.7. The van der Waals surface area contributed by atoms with Crippen LogP contribution in [0.4, 0.5) is 10.1 Å². The highest BCUT2D eigenvalue weighted by Crippen LogP contribution is 2.20. The molecule has 0 fully saturated rings. The zero-order valence-electron chi connectivity index (χ0n) is 14.0. The van der Waals surface area contributed by atoms with Crippen molar-refractivity contribution in [2.75, 3.05) is 17.5 Å². The molecule has 1 aromatic carbocycles. The van der Waals surface area contributed by atoms with Crippen molar-refractivity contribution in [3.05, 3.63) is 24.0 Å². The Balaban J connectivity index is 2.95. The van der Waals surface area contributed by atoms with E-state index in [1.54, 1.807) is 0 Å². The highest BCUT2D eigenvalue weighted by Gasteiger charge is 2.23. The molecule has 3 N–H and O–H groups in total. The molecule has 0 aliphatic carbocycles. The van der Waals surface area contributed by atoms with Crippen molar-refractivity contribution < 1.29 is 31.1 Å². The highest BCUT2D eigenvalue weighted by molar-refractivity contribution is 7.92. The SMILES string of the molecule is CC(C)CC(CNS(=O)(=O)c1ccc(NS(C)(=O)=O)c(F)c1)C(=O)O. The van der Waals surface area contributed by atoms with Crippen molar-refractivity contribution in [2.24, 2.45) is 11.8 Å². The second-order valence-electron chi connectivity index (χ2n) is 6.03. The lowest BCUT2D eigenvalue weighted by Crippen LogP contribution is -2.33. The molecule has 0 spiro atoms. The summed E-state index contributed by atoms with van der Waals surface area (Å²) in [6, 6.07) is 2.67. The van der Waals surface area contributed by atoms with Gasteiger partial charge in [0.15, 0.2) is 0 Å². The molecular weight excluding hydrogens is 375 g/mol. The van der Waals surface area contributed by atoms with E-state index in [4.69, 9.17) is 5.11 Å². The lowest BCUT2D eigenvalue weighted by Gasteiger charge is -2.16. The number of carbonyl (C=O) groups is 1. The van der Waals surface area contributed by atoms with E-state index in [9.17, 15) is 26.0 Å². The summed E-state index contributed by atoms with van der Waals surface area (Å²) in [5.41, 5.74) is -0.385. The number of sulfonamides is 2. The summed E-state index contributed by atoms with van der Waals surface area (Å²) in [6.07, 6.45) is 1.11. The standard InChI is InChI=1S/C14H21FN2O6S2/c1-9(2)6-10(14(18)19)8-16-25(22,23)11-4-5-13(12(15)7-11)17-24(3,20)21/h4-5,7,9-10,16-17H,6,8H2,1-3H3,(H,18,19). The number of anilines is 1. The second kappa shape index (κ2) is 8.11. The first-order valence-electron chi connectivity index (χ1n) is 7.31. The van der Waals surface area contributed by atoms with Gasteiger partial charge in [0.2, 0.25) is 20.0 Å². The summed E-state index contributed by atoms with van der Waals surface area (Å²) in [5.74, 6) is -3.05. The van der Waals surface area contributed by atoms with Crippen molar-refractivity contribution in [3.8, 4) is 0 Å². The van der Waals surface area contributed by atoms with E-state index in [-0.39, 0.29) is 24.6 Å². The summed E-state index contributed by atoms with van der Waals surface area (Å²) in [4.78, 5) is 10.7. The Bertz CT molecular complexity index is 837. The summed E-state index contributed by atoms with van der Waals surface area (Å²) >= 11 is 0. The average Bonchev–Trinajstić information content (AvgIpc) is 2.43. The fraction of sp³-hybridized carbons (Fsp3) is 0.500. The molecule has 0 saturated carbocycles. The van der Waals surface area contributed by atoms with Gasteiger partial charge < -0.3 is 5.11 Å². The molecule has 0 aliphatic heterocycles. The van der Waals surface area contributed by atoms with Crippen LogP contribution >= 0.6 is 0 Å². The minimum Gasteiger partial charge on any atom is -0.481 e. The van der Waals surface area contributed by atoms with Crippen LogP contribution in [-0.4, -0.2) is 40.7 Å². The third-order valence-electron chi connectivity index (χ3n) is 3.17. The molecule has 0 aliphatic rings. The number of benzene rings is 1. The van der Waals surface area contributed by atoms with E-state index in [1.165, 1.54) is 0 Å². The van der Waals surface area contributed by atoms with E-state index >= 15 is 0 Å². The summed E-state index contributed by atoms with van der Waals surface area (Å²) < 4.78 is 64.5. The minimum atomic E-state index is -4.14. The van der Waals surface area contributed by atoms with Gasteiger partial charge in [-0.15, -0.1) is 0 Å². The molecule has 1 aromatic rings. The van der Waals surface area contributed by atoms with Crippen molar-refractivity contribution in [3.63, 3.8) is 0 Å². The molecular formula is C14H21FN2O6S2. The minimum absolute atomic E-state index is 0.0596. The zero-order valence-corrected chi connectivity index (χ0v) is 15.6. The number of rotatable bonds is 9. The van der Waals surface area contributed by atoms with Crippen LogP contribution in [0.2, 0.25) is 0 Å². The topological polar surface area (TPSA) is 130 Å². The quantitative estimate of drug-likeness (QED) is 0.575. The van der Waals surface area contributed by atoms with Gasteiger partial charge in [-0.1, -0.05) is 13.8 Å². The van der Waals surface area contributed by atoms with Gasteiger partial charge >= 0.3 is 5.97 Å². The molecule has 0 amide bonds. The van der Waals surface area contributed by atoms with E-state index in [1.807, 2.05) is 18.6 Å². The first-order chi connectivity index (χ1) is 11.3. The Hall–Kier alpha value is -1.72. The number of halogens is 1. The third-order valence-corrected chi connectivity index (χ3v) is 5.18. The van der Waals surface area contributed by atoms with Gasteiger partial charge in [-0.3, -0.25) is 9.52 Å². The molecule has 25 heavy (non-hydrogen) atoms. The molecule has 0 aromatic heterocycles. The Morgan fingerprint density at radius 1 is 1.24 bits per heavy atom. The highest BCUT2D eigenvalue weighted by atomic mass is 32.2. The predicted molar refractivity (Wildman–Crippen MR) is 90.6 cm³/mol. The monoisotopic (exact) mass is 396 g/mol. The number of hydrogen-bond acceptors (Lipinski definition) is 5. The molecule has 8 nitrogen and oxygen atoms in total. The zero-order chi connectivity index (χ0) is 19.4. The van der Waals surface area contributed by atoms with E-state index < -0.39 is 42.6 Å². The largest absolute Gasteiger partial charge is 0.481 e. The van der Waals surface area contributed by atoms with Crippen molar-refractivity contribution in [1.82, 2.24) is 4.72 Å². The van der Waals surface area contributed by atoms with Crippen LogP contribution in [0.3, 0.4) is 0 Å². The fourth-order valence-electron chi connectivity index (χ4n) is 2.08. The second-order valence-corrected chi connectivity index (χ2v) is 9.55. The maximum atomic E-state index is 13.9. The normalized spacial score (nSPS) is 13.6. The molecule has 0 bridgehead atoms. The number of carboxylic acid groups (broad SMARTS) is 1. The fourth-order valence-corrected chi connectivity index (χ4v) is 3.74. The van der Waals surface area contributed by atoms with Gasteiger partial charge in [-0.2, -0.15) is 0 Å². The number of carboxylic acids is 1. The van der Waals surface area contributed by atoms with E-state index in [0.717, 1.165) is 18.4 Å². The molecule has 0 saturated heterocycles. The number of nitrogens with one attached hydrogen (secondary N) is 2. The Morgan fingerprint density at radius 2 is 1.84 bits per heavy atom. The molecule has 1 unspecified atom stereocenters. The smallest absolute Gasteiger partial charge is 0.307 e. The molecule has 11 heteroatoms. The lowest BCUT2D eigenvalue weighted by atomic mass is 9.98. The predicted octanol–water partition coefficient (Wildman–Crippen LogP) is 1.22. The van der Waals surface area contributed by atoms with Gasteiger partial charge in [-0.25, -0.2) is 25.9 Å². The van der Waals surface area contributed by atoms with Gasteiger partial charge in [0.25, 0.3) is 0 Å². The van der Waals surface area contributed by atoms with Gasteiger partial charge in [-0.05, 0) is 30.5 Å². The molecule has 0 radical (unpaired) electrons. The average molecular weight is 396 g/mol. The van der Waals surface area contributed by atoms with E-state index in [2.05, 4.69) is 4.72 Å². The van der Waals surface area contributed by atoms with Crippen LogP contribution in [0.25, 0.3) is 0 Å². The van der Waals surface area contributed by atoms with Crippen LogP contribution in [0.5, 0.6) is 0 Å². The van der Waals surface area contributed by atoms with Crippen molar-refractivity contribution in [1.29, 1.82) is 0 Å². The summed E-state index contributed by atoms with van der Waals surface area (Å²) in [7, 11) is -7.85. The molecule has 1 rings (SSSR count). The van der Waals surface area contributed by atoms with Crippen LogP contribution < -0.4 is 9.44 Å². The third kappa shape index (κ3) is 6.96. The number of hydrogen-bond donors (Lipinski definition) is 3. The summed E-state index contributed by atoms with van der Waals surface area (Å²) in [6.45, 7) is 3.29. The summed E-state index contributed by atoms with van der Waals surface area (Å²) in [5, 5.41) is 9.12. The van der Waals surface area contributed by atoms with Gasteiger partial charge in [0, 0.05) is 6.54 Å². The first kappa shape index (κ1) is 21.3. The maximum absolute atomic E-state index is 13.9. The van der Waals surface area contributed by atoms with Crippen LogP contribution in [-0.2, 0) is 24.8 Å². The van der Waals surface area contributed by atoms with Crippen LogP contribution in [0.15, 0.2) is 23.1 Å². The van der Waals surface area contributed by atoms with Crippen LogP contribution in [0, 0.1) is 17.7 Å². The molecule has 1 atom stereocenters. The molecule has 0 heterocycles. The Kier molecular flexibility index (Phi) is 6.91. The van der Waals surface area contributed by atoms with Gasteiger partial charge in [0.05, 0.1) is 22.8 Å². The maximum Gasteiger partial charge on any atom is 0.307 e. The number of aliphatic carboxylic acids is 1. The Morgan fingerprint density at radius 3 is 2.28 bits per heavy atom. The van der Waals surface area contributed by atoms with E-state index in [0.29, 0.717) is 6.07 Å². The van der Waals surface area contributed by atoms with Crippen molar-refractivity contribution >= 4 is 31.7 Å². The van der Waals surface area contributed by atoms with Crippen LogP contribution in [0.1, 0.15) is 20.3 Å². The molecule has 142 valence electrons. The lowest BCUT2D eigenvalue weighted by molar-refractivity contribution is -0.142. The van der Waals surface area contributed by atoms with Crippen molar-refractivity contribution in [2.45, 2.75) is 25.2 Å². The Labute approximate surface area is 146 Å².